The van der Waals surface area contributed by atoms with Crippen LogP contribution in [0.1, 0.15) is 37.6 Å². The first-order chi connectivity index (χ1) is 8.99. The molecular weight excluding hydrogens is 234 g/mol. The smallest absolute Gasteiger partial charge is 0.189 e. The second-order valence-electron chi connectivity index (χ2n) is 5.57. The first kappa shape index (κ1) is 13.6. The number of carbonyl (C=O) groups is 1. The van der Waals surface area contributed by atoms with Gasteiger partial charge in [0.05, 0.1) is 0 Å². The Kier molecular flexibility index (Phi) is 3.89. The summed E-state index contributed by atoms with van der Waals surface area (Å²) in [6.45, 7) is 6.58. The highest BCUT2D eigenvalue weighted by atomic mass is 16.1. The molecule has 0 saturated heterocycles. The number of rotatable bonds is 3. The lowest BCUT2D eigenvalue weighted by Gasteiger charge is -2.23. The molecule has 0 bridgehead atoms. The van der Waals surface area contributed by atoms with Crippen molar-refractivity contribution in [3.63, 3.8) is 0 Å². The van der Waals surface area contributed by atoms with Gasteiger partial charge >= 0.3 is 0 Å². The van der Waals surface area contributed by atoms with Crippen LogP contribution in [-0.2, 0) is 0 Å². The maximum absolute atomic E-state index is 12.4. The van der Waals surface area contributed by atoms with Crippen molar-refractivity contribution < 1.29 is 4.79 Å². The van der Waals surface area contributed by atoms with Gasteiger partial charge < -0.3 is 5.73 Å². The van der Waals surface area contributed by atoms with Gasteiger partial charge in [0.1, 0.15) is 0 Å². The molecule has 2 rings (SSSR count). The Morgan fingerprint density at radius 1 is 1.21 bits per heavy atom. The summed E-state index contributed by atoms with van der Waals surface area (Å²) < 4.78 is 0. The van der Waals surface area contributed by atoms with Crippen LogP contribution < -0.4 is 5.73 Å². The Morgan fingerprint density at radius 3 is 2.37 bits per heavy atom. The first-order valence-electron chi connectivity index (χ1n) is 6.80. The van der Waals surface area contributed by atoms with Gasteiger partial charge in [0, 0.05) is 16.8 Å². The molecule has 1 aromatic carbocycles. The van der Waals surface area contributed by atoms with Crippen LogP contribution in [0.25, 0.3) is 0 Å². The molecule has 0 fully saturated rings. The van der Waals surface area contributed by atoms with E-state index in [9.17, 15) is 4.79 Å². The van der Waals surface area contributed by atoms with Crippen molar-refractivity contribution in [1.29, 1.82) is 0 Å². The fourth-order valence-corrected chi connectivity index (χ4v) is 2.63. The average Bonchev–Trinajstić information content (AvgIpc) is 2.38. The van der Waals surface area contributed by atoms with Crippen LogP contribution in [0.5, 0.6) is 0 Å². The molecule has 19 heavy (non-hydrogen) atoms. The number of allylic oxidation sites excluding steroid dienone is 4. The molecule has 2 N–H and O–H groups in total. The van der Waals surface area contributed by atoms with E-state index in [1.807, 2.05) is 6.08 Å². The van der Waals surface area contributed by atoms with Gasteiger partial charge in [-0.2, -0.15) is 0 Å². The number of benzene rings is 1. The third kappa shape index (κ3) is 2.95. The zero-order valence-electron chi connectivity index (χ0n) is 11.8. The van der Waals surface area contributed by atoms with E-state index >= 15 is 0 Å². The second-order valence-corrected chi connectivity index (χ2v) is 5.57. The third-order valence-corrected chi connectivity index (χ3v) is 3.70. The second kappa shape index (κ2) is 5.43. The molecule has 1 aromatic rings. The molecule has 0 radical (unpaired) electrons. The van der Waals surface area contributed by atoms with Crippen LogP contribution in [-0.4, -0.2) is 5.78 Å². The lowest BCUT2D eigenvalue weighted by Crippen LogP contribution is -2.14. The largest absolute Gasteiger partial charge is 0.399 e. The van der Waals surface area contributed by atoms with Crippen LogP contribution in [0, 0.1) is 11.8 Å². The van der Waals surface area contributed by atoms with Gasteiger partial charge in [0.2, 0.25) is 0 Å². The molecular formula is C17H21NO. The van der Waals surface area contributed by atoms with Gasteiger partial charge in [-0.3, -0.25) is 4.79 Å². The third-order valence-electron chi connectivity index (χ3n) is 3.70. The molecule has 2 nitrogen and oxygen atoms in total. The average molecular weight is 255 g/mol. The van der Waals surface area contributed by atoms with Crippen molar-refractivity contribution in [3.05, 3.63) is 53.1 Å². The number of nitrogen functional groups attached to an aromatic ring is 1. The molecule has 2 heteroatoms. The molecule has 0 aliphatic heterocycles. The predicted octanol–water partition coefficient (Wildman–Crippen LogP) is 4.00. The number of hydrogen-bond donors (Lipinski definition) is 1. The van der Waals surface area contributed by atoms with Crippen molar-refractivity contribution in [2.24, 2.45) is 11.8 Å². The minimum atomic E-state index is 0.117. The van der Waals surface area contributed by atoms with Crippen LogP contribution in [0.3, 0.4) is 0 Å². The topological polar surface area (TPSA) is 43.1 Å². The summed E-state index contributed by atoms with van der Waals surface area (Å²) in [5.74, 6) is 1.10. The highest BCUT2D eigenvalue weighted by Crippen LogP contribution is 2.31. The van der Waals surface area contributed by atoms with Crippen LogP contribution in [0.2, 0.25) is 0 Å². The molecule has 1 aliphatic rings. The summed E-state index contributed by atoms with van der Waals surface area (Å²) in [5.41, 5.74) is 9.36. The van der Waals surface area contributed by atoms with Crippen molar-refractivity contribution in [2.75, 3.05) is 5.73 Å². The fourth-order valence-electron chi connectivity index (χ4n) is 2.63. The molecule has 0 saturated carbocycles. The molecule has 0 heterocycles. The SMILES string of the molecule is CC(C)C1=CC=C(C(=O)c2ccc(N)cc2)CC1C. The minimum Gasteiger partial charge on any atom is -0.399 e. The van der Waals surface area contributed by atoms with Crippen LogP contribution >= 0.6 is 0 Å². The van der Waals surface area contributed by atoms with Gasteiger partial charge in [0.15, 0.2) is 5.78 Å². The van der Waals surface area contributed by atoms with Crippen molar-refractivity contribution in [1.82, 2.24) is 0 Å². The van der Waals surface area contributed by atoms with Gasteiger partial charge in [-0.15, -0.1) is 0 Å². The monoisotopic (exact) mass is 255 g/mol. The normalized spacial score (nSPS) is 19.1. The van der Waals surface area contributed by atoms with E-state index in [1.165, 1.54) is 5.57 Å². The lowest BCUT2D eigenvalue weighted by molar-refractivity contribution is 0.102. The molecule has 1 atom stereocenters. The molecule has 0 amide bonds. The zero-order chi connectivity index (χ0) is 14.0. The van der Waals surface area contributed by atoms with E-state index in [0.717, 1.165) is 12.0 Å². The Morgan fingerprint density at radius 2 is 1.84 bits per heavy atom. The predicted molar refractivity (Wildman–Crippen MR) is 80.0 cm³/mol. The summed E-state index contributed by atoms with van der Waals surface area (Å²) in [7, 11) is 0. The molecule has 1 aliphatic carbocycles. The number of hydrogen-bond acceptors (Lipinski definition) is 2. The van der Waals surface area contributed by atoms with Crippen LogP contribution in [0.15, 0.2) is 47.6 Å². The standard InChI is InChI=1S/C17H21NO/c1-11(2)16-9-6-14(10-12(16)3)17(19)13-4-7-15(18)8-5-13/h4-9,11-12H,10,18H2,1-3H3. The summed E-state index contributed by atoms with van der Waals surface area (Å²) in [6.07, 6.45) is 4.92. The van der Waals surface area contributed by atoms with E-state index < -0.39 is 0 Å². The van der Waals surface area contributed by atoms with Gasteiger partial charge in [-0.25, -0.2) is 0 Å². The molecule has 0 aromatic heterocycles. The summed E-state index contributed by atoms with van der Waals surface area (Å²) in [6, 6.07) is 7.14. The van der Waals surface area contributed by atoms with E-state index in [4.69, 9.17) is 5.73 Å². The van der Waals surface area contributed by atoms with Crippen molar-refractivity contribution in [2.45, 2.75) is 27.2 Å². The lowest BCUT2D eigenvalue weighted by atomic mass is 9.81. The number of Topliss-reactive ketones (excluding diaryl/α,β-unsaturated/α-hetero) is 1. The fraction of sp³-hybridized carbons (Fsp3) is 0.353. The summed E-state index contributed by atoms with van der Waals surface area (Å²) in [4.78, 5) is 12.4. The number of ketones is 1. The summed E-state index contributed by atoms with van der Waals surface area (Å²) >= 11 is 0. The Hall–Kier alpha value is -1.83. The van der Waals surface area contributed by atoms with Gasteiger partial charge in [0.25, 0.3) is 0 Å². The first-order valence-corrected chi connectivity index (χ1v) is 6.80. The van der Waals surface area contributed by atoms with Crippen molar-refractivity contribution >= 4 is 11.5 Å². The number of carbonyl (C=O) groups excluding carboxylic acids is 1. The maximum Gasteiger partial charge on any atom is 0.189 e. The zero-order valence-corrected chi connectivity index (χ0v) is 11.8. The van der Waals surface area contributed by atoms with E-state index in [2.05, 4.69) is 26.8 Å². The Balaban J connectivity index is 2.24. The Bertz CT molecular complexity index is 535. The van der Waals surface area contributed by atoms with E-state index in [1.54, 1.807) is 24.3 Å². The van der Waals surface area contributed by atoms with E-state index in [-0.39, 0.29) is 5.78 Å². The van der Waals surface area contributed by atoms with Gasteiger partial charge in [-0.1, -0.05) is 38.5 Å². The molecule has 1 unspecified atom stereocenters. The van der Waals surface area contributed by atoms with Crippen LogP contribution in [0.4, 0.5) is 5.69 Å². The maximum atomic E-state index is 12.4. The molecule has 100 valence electrons. The quantitative estimate of drug-likeness (QED) is 0.655. The highest BCUT2D eigenvalue weighted by molar-refractivity contribution is 6.09. The van der Waals surface area contributed by atoms with E-state index in [0.29, 0.717) is 23.1 Å². The summed E-state index contributed by atoms with van der Waals surface area (Å²) in [5, 5.41) is 0. The van der Waals surface area contributed by atoms with Gasteiger partial charge in [-0.05, 0) is 42.5 Å². The molecule has 0 spiro atoms. The van der Waals surface area contributed by atoms with Crippen molar-refractivity contribution in [3.8, 4) is 0 Å². The minimum absolute atomic E-state index is 0.117. The Labute approximate surface area is 115 Å². The number of anilines is 1. The highest BCUT2D eigenvalue weighted by Gasteiger charge is 2.21. The number of nitrogens with two attached hydrogens (primary N) is 1.